The Morgan fingerprint density at radius 1 is 1.20 bits per heavy atom. The third-order valence-corrected chi connectivity index (χ3v) is 2.49. The molecule has 0 saturated carbocycles. The van der Waals surface area contributed by atoms with Crippen LogP contribution in [-0.2, 0) is 6.61 Å². The zero-order chi connectivity index (χ0) is 10.7. The Morgan fingerprint density at radius 2 is 2.00 bits per heavy atom. The smallest absolute Gasteiger partial charge is 0.0697 e. The predicted molar refractivity (Wildman–Crippen MR) is 60.6 cm³/mol. The third kappa shape index (κ3) is 2.17. The molecule has 0 bridgehead atoms. The number of nitrogens with zero attached hydrogens (tertiary/aromatic N) is 1. The second kappa shape index (κ2) is 4.43. The van der Waals surface area contributed by atoms with Crippen molar-refractivity contribution in [2.24, 2.45) is 0 Å². The molecule has 1 N–H and O–H groups in total. The molecule has 0 radical (unpaired) electrons. The number of aliphatic hydroxyl groups excluding tert-OH is 1. The first kappa shape index (κ1) is 10.1. The van der Waals surface area contributed by atoms with Crippen LogP contribution in [0, 0.1) is 0 Å². The normalized spacial score (nSPS) is 10.3. The summed E-state index contributed by atoms with van der Waals surface area (Å²) in [5.74, 6) is 0. The number of aliphatic hydroxyl groups is 1. The van der Waals surface area contributed by atoms with Crippen LogP contribution in [0.15, 0.2) is 42.7 Å². The fraction of sp³-hybridized carbons (Fsp3) is 0.0833. The maximum atomic E-state index is 9.01. The lowest BCUT2D eigenvalue weighted by Gasteiger charge is -2.04. The van der Waals surface area contributed by atoms with Gasteiger partial charge in [-0.1, -0.05) is 29.8 Å². The van der Waals surface area contributed by atoms with Crippen LogP contribution in [0.4, 0.5) is 0 Å². The lowest BCUT2D eigenvalue weighted by atomic mass is 10.1. The number of hydrogen-bond donors (Lipinski definition) is 1. The van der Waals surface area contributed by atoms with E-state index in [1.165, 1.54) is 0 Å². The molecule has 0 aliphatic heterocycles. The summed E-state index contributed by atoms with van der Waals surface area (Å²) in [6, 6.07) is 9.46. The summed E-state index contributed by atoms with van der Waals surface area (Å²) in [4.78, 5) is 4.05. The van der Waals surface area contributed by atoms with Gasteiger partial charge in [-0.2, -0.15) is 0 Å². The predicted octanol–water partition coefficient (Wildman–Crippen LogP) is 2.89. The second-order valence-corrected chi connectivity index (χ2v) is 3.63. The molecule has 3 heteroatoms. The van der Waals surface area contributed by atoms with Crippen LogP contribution in [0.5, 0.6) is 0 Å². The molecule has 0 saturated heterocycles. The van der Waals surface area contributed by atoms with Gasteiger partial charge in [0.05, 0.1) is 6.61 Å². The van der Waals surface area contributed by atoms with E-state index >= 15 is 0 Å². The minimum atomic E-state index is -0.00864. The summed E-state index contributed by atoms with van der Waals surface area (Å²) in [6.07, 6.45) is 3.38. The molecule has 1 aromatic carbocycles. The van der Waals surface area contributed by atoms with Crippen molar-refractivity contribution in [2.45, 2.75) is 6.61 Å². The number of aromatic nitrogens is 1. The van der Waals surface area contributed by atoms with E-state index in [0.29, 0.717) is 5.02 Å². The minimum Gasteiger partial charge on any atom is -0.392 e. The Balaban J connectivity index is 2.49. The van der Waals surface area contributed by atoms with Gasteiger partial charge in [0, 0.05) is 28.5 Å². The first-order chi connectivity index (χ1) is 7.31. The summed E-state index contributed by atoms with van der Waals surface area (Å²) in [7, 11) is 0. The summed E-state index contributed by atoms with van der Waals surface area (Å²) in [6.45, 7) is -0.00864. The molecule has 15 heavy (non-hydrogen) atoms. The Morgan fingerprint density at radius 3 is 2.73 bits per heavy atom. The topological polar surface area (TPSA) is 33.1 Å². The zero-order valence-electron chi connectivity index (χ0n) is 8.02. The Hall–Kier alpha value is -1.38. The molecule has 76 valence electrons. The lowest BCUT2D eigenvalue weighted by molar-refractivity contribution is 0.281. The highest BCUT2D eigenvalue weighted by Crippen LogP contribution is 2.27. The van der Waals surface area contributed by atoms with Crippen molar-refractivity contribution in [2.75, 3.05) is 0 Å². The lowest BCUT2D eigenvalue weighted by Crippen LogP contribution is -1.87. The van der Waals surface area contributed by atoms with E-state index in [0.717, 1.165) is 16.7 Å². The number of pyridine rings is 1. The van der Waals surface area contributed by atoms with Crippen molar-refractivity contribution in [1.82, 2.24) is 4.98 Å². The van der Waals surface area contributed by atoms with E-state index in [9.17, 15) is 0 Å². The van der Waals surface area contributed by atoms with Gasteiger partial charge in [-0.25, -0.2) is 0 Å². The summed E-state index contributed by atoms with van der Waals surface area (Å²) in [5, 5.41) is 9.69. The van der Waals surface area contributed by atoms with Crippen LogP contribution in [0.3, 0.4) is 0 Å². The van der Waals surface area contributed by atoms with Crippen molar-refractivity contribution in [3.05, 3.63) is 53.3 Å². The van der Waals surface area contributed by atoms with Crippen LogP contribution in [0.25, 0.3) is 11.1 Å². The van der Waals surface area contributed by atoms with Crippen LogP contribution in [0.2, 0.25) is 5.02 Å². The van der Waals surface area contributed by atoms with E-state index in [4.69, 9.17) is 16.7 Å². The van der Waals surface area contributed by atoms with Crippen LogP contribution in [0.1, 0.15) is 5.56 Å². The molecule has 0 unspecified atom stereocenters. The SMILES string of the molecule is OCc1cncc(-c2ccccc2Cl)c1. The van der Waals surface area contributed by atoms with E-state index in [1.807, 2.05) is 30.3 Å². The van der Waals surface area contributed by atoms with E-state index in [2.05, 4.69) is 4.98 Å². The van der Waals surface area contributed by atoms with Crippen molar-refractivity contribution in [3.8, 4) is 11.1 Å². The Kier molecular flexibility index (Phi) is 2.99. The first-order valence-corrected chi connectivity index (χ1v) is 4.99. The molecular weight excluding hydrogens is 210 g/mol. The summed E-state index contributed by atoms with van der Waals surface area (Å²) < 4.78 is 0. The van der Waals surface area contributed by atoms with Gasteiger partial charge in [0.2, 0.25) is 0 Å². The molecule has 0 atom stereocenters. The van der Waals surface area contributed by atoms with Gasteiger partial charge in [0.1, 0.15) is 0 Å². The minimum absolute atomic E-state index is 0.00864. The highest BCUT2D eigenvalue weighted by molar-refractivity contribution is 6.33. The molecule has 2 rings (SSSR count). The molecule has 2 aromatic rings. The molecule has 2 nitrogen and oxygen atoms in total. The third-order valence-electron chi connectivity index (χ3n) is 2.16. The maximum absolute atomic E-state index is 9.01. The molecule has 1 aromatic heterocycles. The molecular formula is C12H10ClNO. The average Bonchev–Trinajstić information content (AvgIpc) is 2.30. The fourth-order valence-corrected chi connectivity index (χ4v) is 1.66. The quantitative estimate of drug-likeness (QED) is 0.843. The van der Waals surface area contributed by atoms with Gasteiger partial charge in [0.15, 0.2) is 0 Å². The van der Waals surface area contributed by atoms with Crippen LogP contribution < -0.4 is 0 Å². The van der Waals surface area contributed by atoms with Crippen LogP contribution in [-0.4, -0.2) is 10.1 Å². The first-order valence-electron chi connectivity index (χ1n) is 4.61. The average molecular weight is 220 g/mol. The van der Waals surface area contributed by atoms with Crippen molar-refractivity contribution < 1.29 is 5.11 Å². The largest absolute Gasteiger partial charge is 0.392 e. The molecule has 0 aliphatic carbocycles. The highest BCUT2D eigenvalue weighted by Gasteiger charge is 2.03. The van der Waals surface area contributed by atoms with Gasteiger partial charge < -0.3 is 5.11 Å². The number of halogens is 1. The summed E-state index contributed by atoms with van der Waals surface area (Å²) in [5.41, 5.74) is 2.64. The summed E-state index contributed by atoms with van der Waals surface area (Å²) >= 11 is 6.06. The Bertz CT molecular complexity index is 471. The van der Waals surface area contributed by atoms with Crippen molar-refractivity contribution >= 4 is 11.6 Å². The number of hydrogen-bond acceptors (Lipinski definition) is 2. The second-order valence-electron chi connectivity index (χ2n) is 3.22. The molecule has 0 fully saturated rings. The highest BCUT2D eigenvalue weighted by atomic mass is 35.5. The zero-order valence-corrected chi connectivity index (χ0v) is 8.78. The Labute approximate surface area is 93.2 Å². The van der Waals surface area contributed by atoms with Crippen molar-refractivity contribution in [1.29, 1.82) is 0 Å². The van der Waals surface area contributed by atoms with Crippen LogP contribution >= 0.6 is 11.6 Å². The standard InChI is InChI=1S/C12H10ClNO/c13-12-4-2-1-3-11(12)10-5-9(8-15)6-14-7-10/h1-7,15H,8H2. The fourth-order valence-electron chi connectivity index (χ4n) is 1.42. The maximum Gasteiger partial charge on any atom is 0.0697 e. The van der Waals surface area contributed by atoms with Gasteiger partial charge in [-0.3, -0.25) is 4.98 Å². The van der Waals surface area contributed by atoms with Gasteiger partial charge in [-0.15, -0.1) is 0 Å². The molecule has 0 aliphatic rings. The monoisotopic (exact) mass is 219 g/mol. The van der Waals surface area contributed by atoms with Crippen molar-refractivity contribution in [3.63, 3.8) is 0 Å². The molecule has 0 amide bonds. The molecule has 0 spiro atoms. The van der Waals surface area contributed by atoms with Gasteiger partial charge in [-0.05, 0) is 17.7 Å². The van der Waals surface area contributed by atoms with Gasteiger partial charge >= 0.3 is 0 Å². The van der Waals surface area contributed by atoms with E-state index < -0.39 is 0 Å². The van der Waals surface area contributed by atoms with E-state index in [-0.39, 0.29) is 6.61 Å². The molecule has 1 heterocycles. The van der Waals surface area contributed by atoms with E-state index in [1.54, 1.807) is 12.4 Å². The number of rotatable bonds is 2. The van der Waals surface area contributed by atoms with Gasteiger partial charge in [0.25, 0.3) is 0 Å². The number of benzene rings is 1.